The third kappa shape index (κ3) is 6.58. The van der Waals surface area contributed by atoms with Crippen molar-refractivity contribution >= 4 is 27.5 Å². The van der Waals surface area contributed by atoms with Crippen LogP contribution in [0.25, 0.3) is 0 Å². The molecule has 1 unspecified atom stereocenters. The summed E-state index contributed by atoms with van der Waals surface area (Å²) in [5.74, 6) is 0.481. The van der Waals surface area contributed by atoms with Gasteiger partial charge in [0.15, 0.2) is 0 Å². The van der Waals surface area contributed by atoms with Crippen LogP contribution < -0.4 is 5.32 Å². The Balaban J connectivity index is 2.39. The van der Waals surface area contributed by atoms with Crippen LogP contribution in [-0.4, -0.2) is 5.91 Å². The number of hydrogen-bond acceptors (Lipinski definition) is 1. The van der Waals surface area contributed by atoms with Gasteiger partial charge in [0.25, 0.3) is 0 Å². The summed E-state index contributed by atoms with van der Waals surface area (Å²) >= 11 is 3.43. The van der Waals surface area contributed by atoms with Crippen molar-refractivity contribution < 1.29 is 4.79 Å². The molecule has 1 rings (SSSR count). The molecule has 0 aliphatic carbocycles. The lowest BCUT2D eigenvalue weighted by molar-refractivity contribution is -0.117. The number of amides is 1. The van der Waals surface area contributed by atoms with Gasteiger partial charge < -0.3 is 5.32 Å². The Kier molecular flexibility index (Phi) is 6.85. The van der Waals surface area contributed by atoms with Gasteiger partial charge in [0.1, 0.15) is 0 Å². The Morgan fingerprint density at radius 2 is 2.05 bits per heavy atom. The van der Waals surface area contributed by atoms with Gasteiger partial charge >= 0.3 is 0 Å². The second-order valence-corrected chi connectivity index (χ2v) is 6.05. The van der Waals surface area contributed by atoms with Crippen molar-refractivity contribution in [2.24, 2.45) is 5.92 Å². The van der Waals surface area contributed by atoms with Crippen LogP contribution in [0, 0.1) is 5.92 Å². The van der Waals surface area contributed by atoms with Crippen LogP contribution in [-0.2, 0) is 4.79 Å². The molecular formula is C16H22BrNO. The van der Waals surface area contributed by atoms with Crippen LogP contribution in [0.3, 0.4) is 0 Å². The van der Waals surface area contributed by atoms with Crippen LogP contribution in [0.4, 0.5) is 5.69 Å². The number of anilines is 1. The average Bonchev–Trinajstić information content (AvgIpc) is 2.31. The number of carbonyl (C=O) groups excluding carboxylic acids is 1. The number of hydrogen-bond donors (Lipinski definition) is 1. The van der Waals surface area contributed by atoms with Crippen molar-refractivity contribution in [3.8, 4) is 0 Å². The molecular weight excluding hydrogens is 302 g/mol. The summed E-state index contributed by atoms with van der Waals surface area (Å²) in [6, 6.07) is 7.67. The van der Waals surface area contributed by atoms with E-state index in [0.717, 1.165) is 23.0 Å². The van der Waals surface area contributed by atoms with Gasteiger partial charge in [-0.15, -0.1) is 0 Å². The third-order valence-corrected chi connectivity index (χ3v) is 3.59. The number of benzene rings is 1. The van der Waals surface area contributed by atoms with E-state index in [1.807, 2.05) is 24.3 Å². The highest BCUT2D eigenvalue weighted by atomic mass is 79.9. The summed E-state index contributed by atoms with van der Waals surface area (Å²) in [7, 11) is 0. The first-order chi connectivity index (χ1) is 8.99. The van der Waals surface area contributed by atoms with Gasteiger partial charge in [-0.05, 0) is 60.7 Å². The second kappa shape index (κ2) is 8.16. The molecule has 0 aromatic heterocycles. The van der Waals surface area contributed by atoms with Gasteiger partial charge in [0.2, 0.25) is 5.91 Å². The summed E-state index contributed by atoms with van der Waals surface area (Å²) in [5.41, 5.74) is 2.17. The Morgan fingerprint density at radius 1 is 1.37 bits per heavy atom. The van der Waals surface area contributed by atoms with Crippen molar-refractivity contribution in [2.45, 2.75) is 40.0 Å². The number of para-hydroxylation sites is 1. The van der Waals surface area contributed by atoms with Crippen LogP contribution in [0.5, 0.6) is 0 Å². The molecule has 0 fully saturated rings. The fourth-order valence-corrected chi connectivity index (χ4v) is 2.22. The third-order valence-electron chi connectivity index (χ3n) is 2.89. The fourth-order valence-electron chi connectivity index (χ4n) is 1.84. The SMILES string of the molecule is CC(C)=CCCC(C)CC(=O)Nc1ccccc1Br. The second-order valence-electron chi connectivity index (χ2n) is 5.20. The molecule has 0 heterocycles. The van der Waals surface area contributed by atoms with Crippen LogP contribution in [0.15, 0.2) is 40.4 Å². The Bertz CT molecular complexity index is 450. The zero-order chi connectivity index (χ0) is 14.3. The van der Waals surface area contributed by atoms with Crippen LogP contribution in [0.1, 0.15) is 40.0 Å². The lowest BCUT2D eigenvalue weighted by atomic mass is 10.0. The number of carbonyl (C=O) groups is 1. The first kappa shape index (κ1) is 16.0. The van der Waals surface area contributed by atoms with E-state index in [2.05, 4.69) is 48.1 Å². The molecule has 2 nitrogen and oxygen atoms in total. The van der Waals surface area contributed by atoms with Gasteiger partial charge in [0, 0.05) is 10.9 Å². The van der Waals surface area contributed by atoms with E-state index >= 15 is 0 Å². The number of allylic oxidation sites excluding steroid dienone is 2. The molecule has 0 aliphatic rings. The Labute approximate surface area is 124 Å². The van der Waals surface area contributed by atoms with E-state index in [1.165, 1.54) is 5.57 Å². The molecule has 0 aliphatic heterocycles. The Hall–Kier alpha value is -1.09. The molecule has 1 N–H and O–H groups in total. The predicted octanol–water partition coefficient (Wildman–Crippen LogP) is 5.16. The largest absolute Gasteiger partial charge is 0.325 e. The standard InChI is InChI=1S/C16H22BrNO/c1-12(2)7-6-8-13(3)11-16(19)18-15-10-5-4-9-14(15)17/h4-5,7,9-10,13H,6,8,11H2,1-3H3,(H,18,19). The monoisotopic (exact) mass is 323 g/mol. The van der Waals surface area contributed by atoms with Gasteiger partial charge in [-0.2, -0.15) is 0 Å². The topological polar surface area (TPSA) is 29.1 Å². The van der Waals surface area contributed by atoms with E-state index in [0.29, 0.717) is 12.3 Å². The molecule has 1 aromatic rings. The smallest absolute Gasteiger partial charge is 0.224 e. The summed E-state index contributed by atoms with van der Waals surface area (Å²) in [6.07, 6.45) is 4.89. The maximum absolute atomic E-state index is 11.9. The van der Waals surface area contributed by atoms with Crippen LogP contribution >= 0.6 is 15.9 Å². The summed E-state index contributed by atoms with van der Waals surface area (Å²) in [4.78, 5) is 11.9. The van der Waals surface area contributed by atoms with Crippen molar-refractivity contribution in [3.05, 3.63) is 40.4 Å². The quantitative estimate of drug-likeness (QED) is 0.720. The molecule has 1 atom stereocenters. The highest BCUT2D eigenvalue weighted by molar-refractivity contribution is 9.10. The normalized spacial score (nSPS) is 11.8. The molecule has 0 bridgehead atoms. The van der Waals surface area contributed by atoms with Gasteiger partial charge in [-0.1, -0.05) is 30.7 Å². The van der Waals surface area contributed by atoms with Crippen molar-refractivity contribution in [2.75, 3.05) is 5.32 Å². The van der Waals surface area contributed by atoms with E-state index in [1.54, 1.807) is 0 Å². The molecule has 1 amide bonds. The fraction of sp³-hybridized carbons (Fsp3) is 0.438. The molecule has 0 radical (unpaired) electrons. The van der Waals surface area contributed by atoms with Gasteiger partial charge in [0.05, 0.1) is 5.69 Å². The first-order valence-corrected chi connectivity index (χ1v) is 7.46. The minimum absolute atomic E-state index is 0.0802. The molecule has 1 aromatic carbocycles. The lowest BCUT2D eigenvalue weighted by Crippen LogP contribution is -2.15. The van der Waals surface area contributed by atoms with Gasteiger partial charge in [-0.25, -0.2) is 0 Å². The Morgan fingerprint density at radius 3 is 2.68 bits per heavy atom. The van der Waals surface area contributed by atoms with Crippen LogP contribution in [0.2, 0.25) is 0 Å². The van der Waals surface area contributed by atoms with Crippen molar-refractivity contribution in [3.63, 3.8) is 0 Å². The first-order valence-electron chi connectivity index (χ1n) is 6.66. The molecule has 0 spiro atoms. The molecule has 3 heteroatoms. The zero-order valence-electron chi connectivity index (χ0n) is 11.9. The van der Waals surface area contributed by atoms with Crippen molar-refractivity contribution in [1.82, 2.24) is 0 Å². The lowest BCUT2D eigenvalue weighted by Gasteiger charge is -2.11. The summed E-state index contributed by atoms with van der Waals surface area (Å²) in [5, 5.41) is 2.94. The van der Waals surface area contributed by atoms with E-state index < -0.39 is 0 Å². The van der Waals surface area contributed by atoms with E-state index in [4.69, 9.17) is 0 Å². The summed E-state index contributed by atoms with van der Waals surface area (Å²) in [6.45, 7) is 6.33. The number of nitrogens with one attached hydrogen (secondary N) is 1. The highest BCUT2D eigenvalue weighted by Gasteiger charge is 2.10. The average molecular weight is 324 g/mol. The number of rotatable bonds is 6. The zero-order valence-corrected chi connectivity index (χ0v) is 13.5. The highest BCUT2D eigenvalue weighted by Crippen LogP contribution is 2.22. The molecule has 19 heavy (non-hydrogen) atoms. The molecule has 0 saturated carbocycles. The predicted molar refractivity (Wildman–Crippen MR) is 85.2 cm³/mol. The van der Waals surface area contributed by atoms with Crippen molar-refractivity contribution in [1.29, 1.82) is 0 Å². The maximum Gasteiger partial charge on any atom is 0.224 e. The van der Waals surface area contributed by atoms with Gasteiger partial charge in [-0.3, -0.25) is 4.79 Å². The van der Waals surface area contributed by atoms with E-state index in [9.17, 15) is 4.79 Å². The number of halogens is 1. The molecule has 104 valence electrons. The maximum atomic E-state index is 11.9. The van der Waals surface area contributed by atoms with E-state index in [-0.39, 0.29) is 5.91 Å². The summed E-state index contributed by atoms with van der Waals surface area (Å²) < 4.78 is 0.917. The molecule has 0 saturated heterocycles. The minimum Gasteiger partial charge on any atom is -0.325 e. The minimum atomic E-state index is 0.0802.